The summed E-state index contributed by atoms with van der Waals surface area (Å²) < 4.78 is 28.8. The van der Waals surface area contributed by atoms with Gasteiger partial charge in [0.05, 0.1) is 11.5 Å². The van der Waals surface area contributed by atoms with E-state index in [4.69, 9.17) is 4.74 Å². The monoisotopic (exact) mass is 325 g/mol. The first-order valence-electron chi connectivity index (χ1n) is 7.53. The van der Waals surface area contributed by atoms with Crippen molar-refractivity contribution in [2.75, 3.05) is 24.7 Å². The van der Waals surface area contributed by atoms with E-state index in [0.29, 0.717) is 13.0 Å². The molecule has 2 rings (SSSR count). The van der Waals surface area contributed by atoms with Crippen LogP contribution in [0.15, 0.2) is 18.2 Å². The summed E-state index contributed by atoms with van der Waals surface area (Å²) in [5.74, 6) is 0.799. The molecule has 1 aliphatic rings. The van der Waals surface area contributed by atoms with Crippen molar-refractivity contribution in [1.29, 1.82) is 0 Å². The zero-order valence-electron chi connectivity index (χ0n) is 13.3. The van der Waals surface area contributed by atoms with Crippen LogP contribution in [-0.4, -0.2) is 49.9 Å². The first-order chi connectivity index (χ1) is 10.3. The SMILES string of the molecule is CCN(C(=O)COc1c(C)cccc1C)C1CCS(=O)(=O)C1. The minimum Gasteiger partial charge on any atom is -0.483 e. The van der Waals surface area contributed by atoms with Gasteiger partial charge in [-0.2, -0.15) is 0 Å². The Labute approximate surface area is 132 Å². The summed E-state index contributed by atoms with van der Waals surface area (Å²) in [6.45, 7) is 6.18. The molecule has 1 amide bonds. The van der Waals surface area contributed by atoms with Crippen LogP contribution < -0.4 is 4.74 Å². The highest BCUT2D eigenvalue weighted by Gasteiger charge is 2.33. The fraction of sp³-hybridized carbons (Fsp3) is 0.562. The third-order valence-electron chi connectivity index (χ3n) is 4.06. The van der Waals surface area contributed by atoms with Gasteiger partial charge in [-0.15, -0.1) is 0 Å². The van der Waals surface area contributed by atoms with Crippen LogP contribution >= 0.6 is 0 Å². The Morgan fingerprint density at radius 1 is 1.32 bits per heavy atom. The Morgan fingerprint density at radius 2 is 1.95 bits per heavy atom. The number of ether oxygens (including phenoxy) is 1. The van der Waals surface area contributed by atoms with Crippen molar-refractivity contribution in [2.24, 2.45) is 0 Å². The molecule has 1 aliphatic heterocycles. The van der Waals surface area contributed by atoms with E-state index >= 15 is 0 Å². The average Bonchev–Trinajstić information content (AvgIpc) is 2.79. The first kappa shape index (κ1) is 16.8. The number of nitrogens with zero attached hydrogens (tertiary/aromatic N) is 1. The highest BCUT2D eigenvalue weighted by atomic mass is 32.2. The Morgan fingerprint density at radius 3 is 2.45 bits per heavy atom. The number of aryl methyl sites for hydroxylation is 2. The zero-order chi connectivity index (χ0) is 16.3. The van der Waals surface area contributed by atoms with Crippen molar-refractivity contribution in [1.82, 2.24) is 4.90 Å². The number of carbonyl (C=O) groups is 1. The lowest BCUT2D eigenvalue weighted by Crippen LogP contribution is -2.43. The number of amides is 1. The van der Waals surface area contributed by atoms with E-state index in [9.17, 15) is 13.2 Å². The maximum atomic E-state index is 12.4. The van der Waals surface area contributed by atoms with Crippen LogP contribution in [0.4, 0.5) is 0 Å². The number of carbonyl (C=O) groups excluding carboxylic acids is 1. The summed E-state index contributed by atoms with van der Waals surface area (Å²) in [6, 6.07) is 5.60. The second-order valence-corrected chi connectivity index (χ2v) is 7.97. The lowest BCUT2D eigenvalue weighted by atomic mass is 10.1. The summed E-state index contributed by atoms with van der Waals surface area (Å²) in [5, 5.41) is 0. The molecule has 1 aromatic carbocycles. The van der Waals surface area contributed by atoms with Gasteiger partial charge in [-0.05, 0) is 38.3 Å². The molecule has 1 heterocycles. The van der Waals surface area contributed by atoms with Crippen LogP contribution in [0.2, 0.25) is 0 Å². The third-order valence-corrected chi connectivity index (χ3v) is 5.81. The molecular weight excluding hydrogens is 302 g/mol. The average molecular weight is 325 g/mol. The lowest BCUT2D eigenvalue weighted by molar-refractivity contribution is -0.135. The predicted molar refractivity (Wildman–Crippen MR) is 85.9 cm³/mol. The van der Waals surface area contributed by atoms with Gasteiger partial charge in [0.2, 0.25) is 0 Å². The van der Waals surface area contributed by atoms with Gasteiger partial charge < -0.3 is 9.64 Å². The van der Waals surface area contributed by atoms with Crippen molar-refractivity contribution in [3.8, 4) is 5.75 Å². The van der Waals surface area contributed by atoms with E-state index in [1.807, 2.05) is 39.0 Å². The summed E-state index contributed by atoms with van der Waals surface area (Å²) in [7, 11) is -3.00. The molecule has 22 heavy (non-hydrogen) atoms. The molecule has 1 saturated heterocycles. The van der Waals surface area contributed by atoms with E-state index < -0.39 is 9.84 Å². The van der Waals surface area contributed by atoms with E-state index in [1.165, 1.54) is 0 Å². The van der Waals surface area contributed by atoms with Gasteiger partial charge in [-0.25, -0.2) is 8.42 Å². The van der Waals surface area contributed by atoms with Gasteiger partial charge in [-0.1, -0.05) is 18.2 Å². The first-order valence-corrected chi connectivity index (χ1v) is 9.35. The van der Waals surface area contributed by atoms with Gasteiger partial charge in [0.15, 0.2) is 16.4 Å². The van der Waals surface area contributed by atoms with Crippen LogP contribution in [0, 0.1) is 13.8 Å². The molecule has 0 N–H and O–H groups in total. The van der Waals surface area contributed by atoms with Gasteiger partial charge in [0, 0.05) is 12.6 Å². The Balaban J connectivity index is 2.01. The van der Waals surface area contributed by atoms with E-state index in [2.05, 4.69) is 0 Å². The van der Waals surface area contributed by atoms with Crippen molar-refractivity contribution in [3.05, 3.63) is 29.3 Å². The fourth-order valence-electron chi connectivity index (χ4n) is 2.90. The molecule has 0 saturated carbocycles. The van der Waals surface area contributed by atoms with Crippen LogP contribution in [0.1, 0.15) is 24.5 Å². The standard InChI is InChI=1S/C16H23NO4S/c1-4-17(14-8-9-22(19,20)11-14)15(18)10-21-16-12(2)6-5-7-13(16)3/h5-7,14H,4,8-11H2,1-3H3. The summed E-state index contributed by atoms with van der Waals surface area (Å²) in [4.78, 5) is 14.0. The highest BCUT2D eigenvalue weighted by molar-refractivity contribution is 7.91. The molecule has 122 valence electrons. The van der Waals surface area contributed by atoms with Gasteiger partial charge in [0.1, 0.15) is 5.75 Å². The summed E-state index contributed by atoms with van der Waals surface area (Å²) >= 11 is 0. The summed E-state index contributed by atoms with van der Waals surface area (Å²) in [5.41, 5.74) is 1.97. The fourth-order valence-corrected chi connectivity index (χ4v) is 4.63. The maximum absolute atomic E-state index is 12.4. The second kappa shape index (κ2) is 6.69. The van der Waals surface area contributed by atoms with E-state index in [0.717, 1.165) is 16.9 Å². The molecular formula is C16H23NO4S. The second-order valence-electron chi connectivity index (χ2n) is 5.75. The number of rotatable bonds is 5. The van der Waals surface area contributed by atoms with Crippen LogP contribution in [0.25, 0.3) is 0 Å². The number of likely N-dealkylation sites (N-methyl/N-ethyl adjacent to an activating group) is 1. The number of hydrogen-bond donors (Lipinski definition) is 0. The molecule has 5 nitrogen and oxygen atoms in total. The van der Waals surface area contributed by atoms with Crippen LogP contribution in [0.3, 0.4) is 0 Å². The molecule has 6 heteroatoms. The third kappa shape index (κ3) is 3.80. The van der Waals surface area contributed by atoms with Gasteiger partial charge in [0.25, 0.3) is 5.91 Å². The van der Waals surface area contributed by atoms with Crippen molar-refractivity contribution in [3.63, 3.8) is 0 Å². The molecule has 0 spiro atoms. The molecule has 1 atom stereocenters. The minimum atomic E-state index is -3.00. The number of sulfone groups is 1. The smallest absolute Gasteiger partial charge is 0.260 e. The van der Waals surface area contributed by atoms with Crippen molar-refractivity contribution in [2.45, 2.75) is 33.2 Å². The maximum Gasteiger partial charge on any atom is 0.260 e. The van der Waals surface area contributed by atoms with Crippen LogP contribution in [0.5, 0.6) is 5.75 Å². The highest BCUT2D eigenvalue weighted by Crippen LogP contribution is 2.23. The number of para-hydroxylation sites is 1. The lowest BCUT2D eigenvalue weighted by Gasteiger charge is -2.27. The Bertz CT molecular complexity index is 634. The Kier molecular flexibility index (Phi) is 5.11. The van der Waals surface area contributed by atoms with Crippen molar-refractivity contribution < 1.29 is 17.9 Å². The molecule has 1 fully saturated rings. The van der Waals surface area contributed by atoms with Crippen LogP contribution in [-0.2, 0) is 14.6 Å². The van der Waals surface area contributed by atoms with E-state index in [1.54, 1.807) is 4.90 Å². The molecule has 0 aliphatic carbocycles. The van der Waals surface area contributed by atoms with Gasteiger partial charge in [-0.3, -0.25) is 4.79 Å². The molecule has 1 unspecified atom stereocenters. The number of hydrogen-bond acceptors (Lipinski definition) is 4. The number of benzene rings is 1. The van der Waals surface area contributed by atoms with E-state index in [-0.39, 0.29) is 30.1 Å². The quantitative estimate of drug-likeness (QED) is 0.827. The largest absolute Gasteiger partial charge is 0.483 e. The zero-order valence-corrected chi connectivity index (χ0v) is 14.1. The van der Waals surface area contributed by atoms with Crippen molar-refractivity contribution >= 4 is 15.7 Å². The Hall–Kier alpha value is -1.56. The van der Waals surface area contributed by atoms with Gasteiger partial charge >= 0.3 is 0 Å². The minimum absolute atomic E-state index is 0.0594. The normalized spacial score (nSPS) is 19.9. The molecule has 1 aromatic rings. The molecule has 0 aromatic heterocycles. The molecule has 0 bridgehead atoms. The predicted octanol–water partition coefficient (Wildman–Crippen LogP) is 1.72. The molecule has 0 radical (unpaired) electrons. The summed E-state index contributed by atoms with van der Waals surface area (Å²) in [6.07, 6.45) is 0.519. The topological polar surface area (TPSA) is 63.7 Å².